The van der Waals surface area contributed by atoms with Gasteiger partial charge in [-0.3, -0.25) is 14.0 Å². The zero-order valence-corrected chi connectivity index (χ0v) is 14.2. The summed E-state index contributed by atoms with van der Waals surface area (Å²) in [6.45, 7) is 3.41. The van der Waals surface area contributed by atoms with Gasteiger partial charge < -0.3 is 10.4 Å². The molecule has 0 saturated heterocycles. The molecule has 3 heterocycles. The van der Waals surface area contributed by atoms with Gasteiger partial charge in [0.05, 0.1) is 6.54 Å². The van der Waals surface area contributed by atoms with Gasteiger partial charge in [-0.15, -0.1) is 11.3 Å². The third-order valence-corrected chi connectivity index (χ3v) is 5.24. The van der Waals surface area contributed by atoms with Gasteiger partial charge in [0, 0.05) is 17.3 Å². The van der Waals surface area contributed by atoms with Crippen molar-refractivity contribution < 1.29 is 9.90 Å². The summed E-state index contributed by atoms with van der Waals surface area (Å²) in [4.78, 5) is 29.4. The van der Waals surface area contributed by atoms with Crippen LogP contribution in [0.5, 0.6) is 0 Å². The van der Waals surface area contributed by atoms with E-state index in [-0.39, 0.29) is 12.1 Å². The topological polar surface area (TPSA) is 83.7 Å². The monoisotopic (exact) mass is 349 g/mol. The molecule has 2 N–H and O–H groups in total. The zero-order valence-electron chi connectivity index (χ0n) is 12.6. The molecule has 0 radical (unpaired) electrons. The van der Waals surface area contributed by atoms with Crippen LogP contribution in [-0.4, -0.2) is 26.9 Å². The Labute approximate surface area is 140 Å². The fourth-order valence-corrected chi connectivity index (χ4v) is 3.81. The third kappa shape index (κ3) is 2.92. The van der Waals surface area contributed by atoms with Crippen LogP contribution in [0.4, 0.5) is 0 Å². The van der Waals surface area contributed by atoms with Crippen molar-refractivity contribution in [2.45, 2.75) is 19.4 Å². The second kappa shape index (κ2) is 5.88. The fourth-order valence-electron chi connectivity index (χ4n) is 2.20. The highest BCUT2D eigenvalue weighted by molar-refractivity contribution is 7.15. The SMILES string of the molecule is Cc1csc2ncc(C(=O)NCC(C)(O)c3ccsc3)c(=O)n12. The first-order valence-corrected chi connectivity index (χ1v) is 8.71. The van der Waals surface area contributed by atoms with Crippen LogP contribution in [-0.2, 0) is 5.60 Å². The minimum atomic E-state index is -1.19. The van der Waals surface area contributed by atoms with Gasteiger partial charge in [0.1, 0.15) is 11.2 Å². The van der Waals surface area contributed by atoms with Crippen LogP contribution in [0.15, 0.2) is 33.2 Å². The molecule has 0 spiro atoms. The van der Waals surface area contributed by atoms with Crippen molar-refractivity contribution in [1.29, 1.82) is 0 Å². The highest BCUT2D eigenvalue weighted by atomic mass is 32.1. The molecule has 23 heavy (non-hydrogen) atoms. The lowest BCUT2D eigenvalue weighted by Gasteiger charge is -2.22. The number of fused-ring (bicyclic) bond motifs is 1. The highest BCUT2D eigenvalue weighted by Gasteiger charge is 2.25. The molecule has 8 heteroatoms. The highest BCUT2D eigenvalue weighted by Crippen LogP contribution is 2.22. The Morgan fingerprint density at radius 2 is 2.26 bits per heavy atom. The number of nitrogens with zero attached hydrogens (tertiary/aromatic N) is 2. The molecular formula is C15H15N3O3S2. The third-order valence-electron chi connectivity index (χ3n) is 3.60. The second-order valence-corrected chi connectivity index (χ2v) is 7.06. The van der Waals surface area contributed by atoms with Gasteiger partial charge in [-0.1, -0.05) is 0 Å². The number of thiazole rings is 1. The Bertz CT molecular complexity index is 910. The van der Waals surface area contributed by atoms with Gasteiger partial charge in [0.2, 0.25) is 0 Å². The number of carbonyl (C=O) groups is 1. The summed E-state index contributed by atoms with van der Waals surface area (Å²) in [5, 5.41) is 18.5. The number of rotatable bonds is 4. The molecule has 0 aromatic carbocycles. The Balaban J connectivity index is 1.83. The number of aromatic nitrogens is 2. The van der Waals surface area contributed by atoms with E-state index in [1.807, 2.05) is 16.1 Å². The van der Waals surface area contributed by atoms with Crippen molar-refractivity contribution in [3.05, 3.63) is 55.6 Å². The van der Waals surface area contributed by atoms with Crippen molar-refractivity contribution in [2.75, 3.05) is 6.54 Å². The standard InChI is InChI=1S/C15H15N3O3S2/c1-9-6-23-14-16-5-11(13(20)18(9)14)12(19)17-8-15(2,21)10-3-4-22-7-10/h3-7,21H,8H2,1-2H3,(H,17,19). The van der Waals surface area contributed by atoms with Gasteiger partial charge in [-0.2, -0.15) is 11.3 Å². The van der Waals surface area contributed by atoms with E-state index in [1.165, 1.54) is 33.3 Å². The van der Waals surface area contributed by atoms with Crippen LogP contribution in [0.2, 0.25) is 0 Å². The van der Waals surface area contributed by atoms with Crippen LogP contribution >= 0.6 is 22.7 Å². The molecule has 3 rings (SSSR count). The molecule has 0 aliphatic carbocycles. The summed E-state index contributed by atoms with van der Waals surface area (Å²) in [6.07, 6.45) is 1.28. The smallest absolute Gasteiger partial charge is 0.271 e. The Kier molecular flexibility index (Phi) is 4.05. The van der Waals surface area contributed by atoms with Crippen molar-refractivity contribution >= 4 is 33.5 Å². The number of aliphatic hydroxyl groups is 1. The number of hydrogen-bond acceptors (Lipinski definition) is 6. The first-order chi connectivity index (χ1) is 10.9. The van der Waals surface area contributed by atoms with E-state index < -0.39 is 17.1 Å². The van der Waals surface area contributed by atoms with Gasteiger partial charge in [0.25, 0.3) is 11.5 Å². The molecule has 1 atom stereocenters. The summed E-state index contributed by atoms with van der Waals surface area (Å²) in [5.74, 6) is -0.544. The summed E-state index contributed by atoms with van der Waals surface area (Å²) >= 11 is 2.81. The van der Waals surface area contributed by atoms with E-state index in [0.717, 1.165) is 11.3 Å². The quantitative estimate of drug-likeness (QED) is 0.752. The zero-order chi connectivity index (χ0) is 16.6. The average molecular weight is 349 g/mol. The predicted octanol–water partition coefficient (Wildman–Crippen LogP) is 1.76. The first kappa shape index (κ1) is 15.9. The lowest BCUT2D eigenvalue weighted by atomic mass is 9.99. The average Bonchev–Trinajstić information content (AvgIpc) is 3.16. The summed E-state index contributed by atoms with van der Waals surface area (Å²) in [5.41, 5.74) is -0.169. The second-order valence-electron chi connectivity index (χ2n) is 5.44. The largest absolute Gasteiger partial charge is 0.384 e. The van der Waals surface area contributed by atoms with E-state index in [9.17, 15) is 14.7 Å². The lowest BCUT2D eigenvalue weighted by molar-refractivity contribution is 0.0529. The van der Waals surface area contributed by atoms with Crippen molar-refractivity contribution in [2.24, 2.45) is 0 Å². The van der Waals surface area contributed by atoms with Crippen molar-refractivity contribution in [3.63, 3.8) is 0 Å². The predicted molar refractivity (Wildman–Crippen MR) is 90.3 cm³/mol. The Morgan fingerprint density at radius 1 is 1.48 bits per heavy atom. The minimum absolute atomic E-state index is 0.00727. The number of carbonyl (C=O) groups excluding carboxylic acids is 1. The molecule has 0 fully saturated rings. The molecule has 1 unspecified atom stereocenters. The molecular weight excluding hydrogens is 334 g/mol. The fraction of sp³-hybridized carbons (Fsp3) is 0.267. The van der Waals surface area contributed by atoms with Crippen LogP contribution in [0.3, 0.4) is 0 Å². The van der Waals surface area contributed by atoms with Gasteiger partial charge in [-0.25, -0.2) is 4.98 Å². The van der Waals surface area contributed by atoms with Gasteiger partial charge >= 0.3 is 0 Å². The van der Waals surface area contributed by atoms with Crippen LogP contribution in [0.1, 0.15) is 28.5 Å². The Hall–Kier alpha value is -2.03. The maximum absolute atomic E-state index is 12.4. The maximum atomic E-state index is 12.4. The molecule has 120 valence electrons. The van der Waals surface area contributed by atoms with E-state index >= 15 is 0 Å². The van der Waals surface area contributed by atoms with Crippen LogP contribution in [0, 0.1) is 6.92 Å². The lowest BCUT2D eigenvalue weighted by Crippen LogP contribution is -2.40. The Morgan fingerprint density at radius 3 is 2.96 bits per heavy atom. The summed E-state index contributed by atoms with van der Waals surface area (Å²) in [7, 11) is 0. The molecule has 3 aromatic heterocycles. The molecule has 0 bridgehead atoms. The van der Waals surface area contributed by atoms with Crippen LogP contribution < -0.4 is 10.9 Å². The number of nitrogens with one attached hydrogen (secondary N) is 1. The minimum Gasteiger partial charge on any atom is -0.384 e. The molecule has 0 aliphatic rings. The van der Waals surface area contributed by atoms with Gasteiger partial charge in [-0.05, 0) is 36.2 Å². The number of amides is 1. The molecule has 3 aromatic rings. The molecule has 0 saturated carbocycles. The number of hydrogen-bond donors (Lipinski definition) is 2. The van der Waals surface area contributed by atoms with E-state index in [1.54, 1.807) is 19.9 Å². The maximum Gasteiger partial charge on any atom is 0.271 e. The molecule has 0 aliphatic heterocycles. The van der Waals surface area contributed by atoms with Crippen molar-refractivity contribution in [1.82, 2.24) is 14.7 Å². The van der Waals surface area contributed by atoms with E-state index in [0.29, 0.717) is 4.96 Å². The normalized spacial score (nSPS) is 13.9. The van der Waals surface area contributed by atoms with E-state index in [4.69, 9.17) is 0 Å². The van der Waals surface area contributed by atoms with Crippen LogP contribution in [0.25, 0.3) is 4.96 Å². The summed E-state index contributed by atoms with van der Waals surface area (Å²) < 4.78 is 1.41. The van der Waals surface area contributed by atoms with Crippen molar-refractivity contribution in [3.8, 4) is 0 Å². The number of thiophene rings is 1. The molecule has 1 amide bonds. The van der Waals surface area contributed by atoms with E-state index in [2.05, 4.69) is 10.3 Å². The molecule has 6 nitrogen and oxygen atoms in total. The van der Waals surface area contributed by atoms with Gasteiger partial charge in [0.15, 0.2) is 4.96 Å². The first-order valence-electron chi connectivity index (χ1n) is 6.89. The number of aryl methyl sites for hydroxylation is 1. The summed E-state index contributed by atoms with van der Waals surface area (Å²) in [6, 6.07) is 1.80.